The van der Waals surface area contributed by atoms with Crippen LogP contribution in [0.3, 0.4) is 0 Å². The average molecular weight is 446 g/mol. The van der Waals surface area contributed by atoms with Crippen molar-refractivity contribution in [3.8, 4) is 18.2 Å². The van der Waals surface area contributed by atoms with E-state index in [0.29, 0.717) is 29.8 Å². The molecule has 2 N–H and O–H groups in total. The molecule has 6 heteroatoms. The number of hydrogen-bond donors (Lipinski definition) is 1. The molecule has 0 aromatic heterocycles. The summed E-state index contributed by atoms with van der Waals surface area (Å²) >= 11 is 0. The minimum atomic E-state index is -2.00. The first kappa shape index (κ1) is 21.5. The molecule has 0 saturated carbocycles. The Morgan fingerprint density at radius 2 is 1.74 bits per heavy atom. The van der Waals surface area contributed by atoms with Gasteiger partial charge in [0.15, 0.2) is 0 Å². The molecule has 3 aliphatic rings. The lowest BCUT2D eigenvalue weighted by Crippen LogP contribution is -2.61. The van der Waals surface area contributed by atoms with Crippen molar-refractivity contribution in [2.45, 2.75) is 31.7 Å². The van der Waals surface area contributed by atoms with Crippen molar-refractivity contribution >= 4 is 11.6 Å². The predicted molar refractivity (Wildman–Crippen MR) is 126 cm³/mol. The molecule has 2 aromatic carbocycles. The van der Waals surface area contributed by atoms with Crippen LogP contribution in [0.4, 0.5) is 5.69 Å². The summed E-state index contributed by atoms with van der Waals surface area (Å²) in [7, 11) is 0. The molecule has 5 rings (SSSR count). The topological polar surface area (TPSA) is 118 Å². The first-order valence-electron chi connectivity index (χ1n) is 11.3. The number of hydrogen-bond acceptors (Lipinski definition) is 5. The summed E-state index contributed by atoms with van der Waals surface area (Å²) in [6.45, 7) is 2.39. The first-order chi connectivity index (χ1) is 16.5. The summed E-state index contributed by atoms with van der Waals surface area (Å²) in [5.74, 6) is -0.597. The Hall–Kier alpha value is -4.34. The van der Waals surface area contributed by atoms with E-state index in [1.54, 1.807) is 4.90 Å². The third kappa shape index (κ3) is 2.50. The number of allylic oxidation sites excluding steroid dienone is 4. The number of nitrogens with two attached hydrogens (primary N) is 1. The van der Waals surface area contributed by atoms with Crippen molar-refractivity contribution < 1.29 is 4.79 Å². The maximum Gasteiger partial charge on any atom is 0.241 e. The lowest BCUT2D eigenvalue weighted by Gasteiger charge is -2.50. The molecule has 0 bridgehead atoms. The molecule has 166 valence electrons. The van der Waals surface area contributed by atoms with Gasteiger partial charge in [0.1, 0.15) is 11.5 Å². The van der Waals surface area contributed by atoms with E-state index in [9.17, 15) is 20.6 Å². The fourth-order valence-electron chi connectivity index (χ4n) is 6.15. The fourth-order valence-corrected chi connectivity index (χ4v) is 6.15. The van der Waals surface area contributed by atoms with Crippen LogP contribution in [0.25, 0.3) is 0 Å². The predicted octanol–water partition coefficient (Wildman–Crippen LogP) is 4.23. The molecule has 34 heavy (non-hydrogen) atoms. The second-order valence-corrected chi connectivity index (χ2v) is 9.36. The highest BCUT2D eigenvalue weighted by atomic mass is 16.2. The Bertz CT molecular complexity index is 1370. The number of nitrogens with zero attached hydrogens (tertiary/aromatic N) is 4. The second kappa shape index (κ2) is 7.62. The number of rotatable bonds is 2. The van der Waals surface area contributed by atoms with Crippen LogP contribution in [0.5, 0.6) is 0 Å². The van der Waals surface area contributed by atoms with Crippen molar-refractivity contribution in [3.63, 3.8) is 0 Å². The van der Waals surface area contributed by atoms with E-state index < -0.39 is 16.7 Å². The highest BCUT2D eigenvalue weighted by molar-refractivity contribution is 6.11. The number of nitriles is 3. The van der Waals surface area contributed by atoms with Crippen molar-refractivity contribution in [1.29, 1.82) is 15.8 Å². The summed E-state index contributed by atoms with van der Waals surface area (Å²) in [5.41, 5.74) is 5.93. The zero-order valence-corrected chi connectivity index (χ0v) is 18.8. The van der Waals surface area contributed by atoms with Crippen molar-refractivity contribution in [3.05, 3.63) is 88.6 Å². The van der Waals surface area contributed by atoms with Gasteiger partial charge in [-0.2, -0.15) is 15.8 Å². The van der Waals surface area contributed by atoms with E-state index in [0.717, 1.165) is 12.0 Å². The molecular weight excluding hydrogens is 422 g/mol. The number of para-hydroxylation sites is 1. The van der Waals surface area contributed by atoms with Crippen molar-refractivity contribution in [1.82, 2.24) is 0 Å². The van der Waals surface area contributed by atoms with E-state index in [1.807, 2.05) is 60.7 Å². The van der Waals surface area contributed by atoms with Gasteiger partial charge in [0.25, 0.3) is 0 Å². The number of anilines is 1. The summed E-state index contributed by atoms with van der Waals surface area (Å²) in [6.07, 6.45) is 3.30. The van der Waals surface area contributed by atoms with Gasteiger partial charge < -0.3 is 10.6 Å². The Kier molecular flexibility index (Phi) is 4.82. The highest BCUT2D eigenvalue weighted by Gasteiger charge is 2.72. The van der Waals surface area contributed by atoms with E-state index >= 15 is 0 Å². The first-order valence-corrected chi connectivity index (χ1v) is 11.3. The molecule has 3 unspecified atom stereocenters. The Morgan fingerprint density at radius 1 is 1.06 bits per heavy atom. The number of fused-ring (bicyclic) bond motifs is 4. The van der Waals surface area contributed by atoms with E-state index in [2.05, 4.69) is 25.1 Å². The van der Waals surface area contributed by atoms with E-state index in [-0.39, 0.29) is 23.1 Å². The molecule has 1 heterocycles. The van der Waals surface area contributed by atoms with Crippen LogP contribution in [0, 0.1) is 51.2 Å². The minimum Gasteiger partial charge on any atom is -0.399 e. The molecule has 1 spiro atoms. The van der Waals surface area contributed by atoms with Crippen LogP contribution < -0.4 is 10.6 Å². The van der Waals surface area contributed by atoms with Crippen LogP contribution in [0.1, 0.15) is 30.9 Å². The third-order valence-electron chi connectivity index (χ3n) is 7.66. The van der Waals surface area contributed by atoms with Crippen LogP contribution in [0.2, 0.25) is 0 Å². The Labute approximate surface area is 198 Å². The fraction of sp³-hybridized carbons (Fsp3) is 0.286. The Morgan fingerprint density at radius 3 is 2.41 bits per heavy atom. The molecule has 0 fully saturated rings. The third-order valence-corrected chi connectivity index (χ3v) is 7.66. The van der Waals surface area contributed by atoms with Crippen molar-refractivity contribution in [2.24, 2.45) is 23.0 Å². The molecule has 2 aliphatic carbocycles. The maximum atomic E-state index is 14.6. The van der Waals surface area contributed by atoms with Gasteiger partial charge in [-0.05, 0) is 41.5 Å². The van der Waals surface area contributed by atoms with Gasteiger partial charge in [-0.3, -0.25) is 4.79 Å². The quantitative estimate of drug-likeness (QED) is 0.742. The van der Waals surface area contributed by atoms with Gasteiger partial charge in [-0.1, -0.05) is 61.5 Å². The molecule has 0 saturated heterocycles. The van der Waals surface area contributed by atoms with E-state index in [1.165, 1.54) is 0 Å². The largest absolute Gasteiger partial charge is 0.399 e. The molecule has 3 atom stereocenters. The molecule has 1 aliphatic heterocycles. The number of carbonyl (C=O) groups excluding carboxylic acids is 1. The van der Waals surface area contributed by atoms with Gasteiger partial charge in [0, 0.05) is 11.6 Å². The summed E-state index contributed by atoms with van der Waals surface area (Å²) in [5, 5.41) is 31.1. The molecule has 6 nitrogen and oxygen atoms in total. The average Bonchev–Trinajstić information content (AvgIpc) is 3.11. The maximum absolute atomic E-state index is 14.6. The lowest BCUT2D eigenvalue weighted by atomic mass is 9.47. The molecule has 0 radical (unpaired) electrons. The van der Waals surface area contributed by atoms with Crippen LogP contribution in [-0.4, -0.2) is 5.91 Å². The summed E-state index contributed by atoms with van der Waals surface area (Å²) in [4.78, 5) is 16.3. The smallest absolute Gasteiger partial charge is 0.241 e. The number of benzene rings is 2. The SMILES string of the molecule is CC1CC=C2C(C#N)=C(N)C(C#N)(C#N)C3(C(=O)N(Cc4ccccc4)c4ccccc43)C2C1. The number of amides is 1. The summed E-state index contributed by atoms with van der Waals surface area (Å²) < 4.78 is 0. The van der Waals surface area contributed by atoms with Gasteiger partial charge in [0.2, 0.25) is 11.3 Å². The molecule has 1 amide bonds. The van der Waals surface area contributed by atoms with E-state index in [4.69, 9.17) is 5.73 Å². The zero-order chi connectivity index (χ0) is 24.1. The normalized spacial score (nSPS) is 26.7. The van der Waals surface area contributed by atoms with Gasteiger partial charge in [0.05, 0.1) is 30.0 Å². The number of carbonyl (C=O) groups is 1. The Balaban J connectivity index is 1.86. The minimum absolute atomic E-state index is 0.123. The lowest BCUT2D eigenvalue weighted by molar-refractivity contribution is -0.127. The monoisotopic (exact) mass is 445 g/mol. The highest BCUT2D eigenvalue weighted by Crippen LogP contribution is 2.65. The molecule has 2 aromatic rings. The van der Waals surface area contributed by atoms with Gasteiger partial charge >= 0.3 is 0 Å². The van der Waals surface area contributed by atoms with Gasteiger partial charge in [-0.15, -0.1) is 0 Å². The molecular formula is C28H23N5O. The van der Waals surface area contributed by atoms with Crippen LogP contribution >= 0.6 is 0 Å². The van der Waals surface area contributed by atoms with Crippen molar-refractivity contribution in [2.75, 3.05) is 4.90 Å². The second-order valence-electron chi connectivity index (χ2n) is 9.36. The van der Waals surface area contributed by atoms with Gasteiger partial charge in [-0.25, -0.2) is 0 Å². The standard InChI is InChI=1S/C28H23N5O/c1-18-11-12-20-21(14-29)25(32)27(16-30,17-31)28(23(20)13-18)22-9-5-6-10-24(22)33(26(28)34)15-19-7-3-2-4-8-19/h2-10,12,18,23H,11,13,15,32H2,1H3. The van der Waals surface area contributed by atoms with Crippen LogP contribution in [-0.2, 0) is 16.8 Å². The zero-order valence-electron chi connectivity index (χ0n) is 18.8. The summed E-state index contributed by atoms with van der Waals surface area (Å²) in [6, 6.07) is 23.5. The van der Waals surface area contributed by atoms with Crippen LogP contribution in [0.15, 0.2) is 77.5 Å².